The van der Waals surface area contributed by atoms with Crippen LogP contribution >= 0.6 is 23.2 Å². The van der Waals surface area contributed by atoms with Gasteiger partial charge in [-0.2, -0.15) is 0 Å². The molecule has 0 aromatic carbocycles. The third-order valence-electron chi connectivity index (χ3n) is 1.91. The van der Waals surface area contributed by atoms with Gasteiger partial charge in [0.2, 0.25) is 5.28 Å². The van der Waals surface area contributed by atoms with Gasteiger partial charge in [-0.1, -0.05) is 31.4 Å². The van der Waals surface area contributed by atoms with Crippen molar-refractivity contribution in [1.29, 1.82) is 0 Å². The Labute approximate surface area is 104 Å². The minimum atomic E-state index is -0.516. The Kier molecular flexibility index (Phi) is 5.49. The van der Waals surface area contributed by atoms with E-state index in [0.29, 0.717) is 6.61 Å². The van der Waals surface area contributed by atoms with E-state index in [9.17, 15) is 4.79 Å². The molecule has 0 unspecified atom stereocenters. The Balaban J connectivity index is 2.53. The summed E-state index contributed by atoms with van der Waals surface area (Å²) in [7, 11) is 0. The van der Waals surface area contributed by atoms with Gasteiger partial charge >= 0.3 is 5.97 Å². The standard InChI is InChI=1S/C10H12Cl2N2O2/c1-2-3-4-5-16-9(15)7-6-13-10(12)14-8(7)11/h6H,2-5H2,1H3. The molecule has 0 radical (unpaired) electrons. The fraction of sp³-hybridized carbons (Fsp3) is 0.500. The van der Waals surface area contributed by atoms with Crippen LogP contribution in [0.3, 0.4) is 0 Å². The van der Waals surface area contributed by atoms with Gasteiger partial charge in [0.25, 0.3) is 0 Å². The van der Waals surface area contributed by atoms with Crippen LogP contribution in [-0.4, -0.2) is 22.5 Å². The van der Waals surface area contributed by atoms with Crippen molar-refractivity contribution in [2.24, 2.45) is 0 Å². The predicted octanol–water partition coefficient (Wildman–Crippen LogP) is 3.13. The second-order valence-corrected chi connectivity index (χ2v) is 3.88. The van der Waals surface area contributed by atoms with Crippen molar-refractivity contribution < 1.29 is 9.53 Å². The lowest BCUT2D eigenvalue weighted by Crippen LogP contribution is -2.08. The molecule has 0 aliphatic carbocycles. The van der Waals surface area contributed by atoms with Crippen molar-refractivity contribution in [3.63, 3.8) is 0 Å². The molecule has 0 bridgehead atoms. The van der Waals surface area contributed by atoms with E-state index in [4.69, 9.17) is 27.9 Å². The van der Waals surface area contributed by atoms with Crippen LogP contribution < -0.4 is 0 Å². The fourth-order valence-corrected chi connectivity index (χ4v) is 1.46. The monoisotopic (exact) mass is 262 g/mol. The zero-order chi connectivity index (χ0) is 12.0. The number of rotatable bonds is 5. The van der Waals surface area contributed by atoms with Crippen LogP contribution in [0.4, 0.5) is 0 Å². The largest absolute Gasteiger partial charge is 0.462 e. The molecule has 6 heteroatoms. The van der Waals surface area contributed by atoms with Crippen LogP contribution in [0.25, 0.3) is 0 Å². The van der Waals surface area contributed by atoms with Gasteiger partial charge in [0.1, 0.15) is 10.7 Å². The molecule has 1 aromatic rings. The van der Waals surface area contributed by atoms with E-state index in [1.54, 1.807) is 0 Å². The minimum Gasteiger partial charge on any atom is -0.462 e. The van der Waals surface area contributed by atoms with Crippen LogP contribution in [0.15, 0.2) is 6.20 Å². The minimum absolute atomic E-state index is 0.00697. The van der Waals surface area contributed by atoms with Crippen LogP contribution in [0.5, 0.6) is 0 Å². The highest BCUT2D eigenvalue weighted by atomic mass is 35.5. The van der Waals surface area contributed by atoms with Gasteiger partial charge in [-0.25, -0.2) is 14.8 Å². The smallest absolute Gasteiger partial charge is 0.342 e. The highest BCUT2D eigenvalue weighted by Crippen LogP contribution is 2.15. The van der Waals surface area contributed by atoms with E-state index in [1.807, 2.05) is 0 Å². The fourth-order valence-electron chi connectivity index (χ4n) is 1.07. The Morgan fingerprint density at radius 3 is 2.81 bits per heavy atom. The molecule has 1 heterocycles. The van der Waals surface area contributed by atoms with Crippen LogP contribution in [-0.2, 0) is 4.74 Å². The average Bonchev–Trinajstić information content (AvgIpc) is 2.24. The second-order valence-electron chi connectivity index (χ2n) is 3.19. The third-order valence-corrected chi connectivity index (χ3v) is 2.38. The number of carbonyl (C=O) groups is 1. The molecule has 16 heavy (non-hydrogen) atoms. The average molecular weight is 263 g/mol. The summed E-state index contributed by atoms with van der Waals surface area (Å²) in [5.41, 5.74) is 0.141. The molecule has 0 aliphatic heterocycles. The van der Waals surface area contributed by atoms with Gasteiger partial charge in [-0.05, 0) is 18.0 Å². The first-order valence-corrected chi connectivity index (χ1v) is 5.76. The second kappa shape index (κ2) is 6.66. The lowest BCUT2D eigenvalue weighted by molar-refractivity contribution is 0.0497. The normalized spacial score (nSPS) is 10.2. The number of halogens is 2. The van der Waals surface area contributed by atoms with Gasteiger partial charge in [-0.15, -0.1) is 0 Å². The molecule has 88 valence electrons. The first-order valence-electron chi connectivity index (χ1n) is 5.00. The first kappa shape index (κ1) is 13.2. The molecular weight excluding hydrogens is 251 g/mol. The summed E-state index contributed by atoms with van der Waals surface area (Å²) in [4.78, 5) is 18.8. The summed E-state index contributed by atoms with van der Waals surface area (Å²) in [6.45, 7) is 2.46. The molecule has 4 nitrogen and oxygen atoms in total. The Morgan fingerprint density at radius 2 is 2.19 bits per heavy atom. The maximum Gasteiger partial charge on any atom is 0.342 e. The van der Waals surface area contributed by atoms with Crippen molar-refractivity contribution in [3.8, 4) is 0 Å². The summed E-state index contributed by atoms with van der Waals surface area (Å²) in [5.74, 6) is -0.516. The number of hydrogen-bond donors (Lipinski definition) is 0. The number of nitrogens with zero attached hydrogens (tertiary/aromatic N) is 2. The maximum absolute atomic E-state index is 11.5. The summed E-state index contributed by atoms with van der Waals surface area (Å²) in [5, 5.41) is 0.0213. The molecule has 0 spiro atoms. The molecule has 0 saturated heterocycles. The molecule has 0 saturated carbocycles. The van der Waals surface area contributed by atoms with Gasteiger partial charge in [0.05, 0.1) is 6.61 Å². The predicted molar refractivity (Wildman–Crippen MR) is 61.9 cm³/mol. The Bertz CT molecular complexity index is 372. The topological polar surface area (TPSA) is 52.1 Å². The van der Waals surface area contributed by atoms with Crippen molar-refractivity contribution >= 4 is 29.2 Å². The summed E-state index contributed by atoms with van der Waals surface area (Å²) < 4.78 is 5.00. The number of ether oxygens (including phenoxy) is 1. The molecular formula is C10H12Cl2N2O2. The van der Waals surface area contributed by atoms with Crippen LogP contribution in [0, 0.1) is 0 Å². The SMILES string of the molecule is CCCCCOC(=O)c1cnc(Cl)nc1Cl. The van der Waals surface area contributed by atoms with Gasteiger partial charge in [-0.3, -0.25) is 0 Å². The molecule has 1 rings (SSSR count). The van der Waals surface area contributed by atoms with E-state index >= 15 is 0 Å². The summed E-state index contributed by atoms with van der Waals surface area (Å²) >= 11 is 11.2. The van der Waals surface area contributed by atoms with Crippen molar-refractivity contribution in [1.82, 2.24) is 9.97 Å². The molecule has 0 atom stereocenters. The number of aromatic nitrogens is 2. The molecule has 0 aliphatic rings. The first-order chi connectivity index (χ1) is 7.65. The lowest BCUT2D eigenvalue weighted by atomic mass is 10.3. The quantitative estimate of drug-likeness (QED) is 0.354. The molecule has 0 amide bonds. The number of carbonyl (C=O) groups excluding carboxylic acids is 1. The summed E-state index contributed by atoms with van der Waals surface area (Å²) in [6, 6.07) is 0. The highest BCUT2D eigenvalue weighted by molar-refractivity contribution is 6.33. The lowest BCUT2D eigenvalue weighted by Gasteiger charge is -2.04. The van der Waals surface area contributed by atoms with Gasteiger partial charge in [0.15, 0.2) is 0 Å². The van der Waals surface area contributed by atoms with Crippen LogP contribution in [0.1, 0.15) is 36.5 Å². The Hall–Kier alpha value is -0.870. The zero-order valence-electron chi connectivity index (χ0n) is 8.87. The Morgan fingerprint density at radius 1 is 1.44 bits per heavy atom. The summed E-state index contributed by atoms with van der Waals surface area (Å²) in [6.07, 6.45) is 4.20. The van der Waals surface area contributed by atoms with Crippen LogP contribution in [0.2, 0.25) is 10.4 Å². The number of unbranched alkanes of at least 4 members (excludes halogenated alkanes) is 2. The van der Waals surface area contributed by atoms with E-state index < -0.39 is 5.97 Å². The van der Waals surface area contributed by atoms with Gasteiger partial charge in [0, 0.05) is 6.20 Å². The van der Waals surface area contributed by atoms with Crippen molar-refractivity contribution in [2.45, 2.75) is 26.2 Å². The van der Waals surface area contributed by atoms with E-state index in [1.165, 1.54) is 6.20 Å². The maximum atomic E-state index is 11.5. The highest BCUT2D eigenvalue weighted by Gasteiger charge is 2.13. The molecule has 0 N–H and O–H groups in total. The van der Waals surface area contributed by atoms with Crippen molar-refractivity contribution in [3.05, 3.63) is 22.2 Å². The van der Waals surface area contributed by atoms with E-state index in [0.717, 1.165) is 19.3 Å². The third kappa shape index (κ3) is 3.94. The van der Waals surface area contributed by atoms with Gasteiger partial charge < -0.3 is 4.74 Å². The van der Waals surface area contributed by atoms with E-state index in [2.05, 4.69) is 16.9 Å². The molecule has 0 fully saturated rings. The molecule has 1 aromatic heterocycles. The number of hydrogen-bond acceptors (Lipinski definition) is 4. The van der Waals surface area contributed by atoms with E-state index in [-0.39, 0.29) is 16.0 Å². The number of esters is 1. The zero-order valence-corrected chi connectivity index (χ0v) is 10.4. The van der Waals surface area contributed by atoms with Crippen molar-refractivity contribution in [2.75, 3.05) is 6.61 Å².